The number of carbonyl (C=O) groups is 1. The molecule has 130 valence electrons. The number of aliphatic hydroxyl groups excluding tert-OH is 1. The predicted octanol–water partition coefficient (Wildman–Crippen LogP) is 3.94. The van der Waals surface area contributed by atoms with Crippen LogP contribution in [0.2, 0.25) is 5.02 Å². The lowest BCUT2D eigenvalue weighted by molar-refractivity contribution is 0.186. The number of urea groups is 1. The molecule has 24 heavy (non-hydrogen) atoms. The van der Waals surface area contributed by atoms with Gasteiger partial charge in [0.1, 0.15) is 5.82 Å². The molecule has 0 aliphatic rings. The van der Waals surface area contributed by atoms with Gasteiger partial charge in [-0.2, -0.15) is 0 Å². The molecule has 0 radical (unpaired) electrons. The van der Waals surface area contributed by atoms with Crippen molar-refractivity contribution in [1.29, 1.82) is 0 Å². The van der Waals surface area contributed by atoms with Crippen LogP contribution in [0, 0.1) is 12.7 Å². The molecule has 0 aliphatic carbocycles. The van der Waals surface area contributed by atoms with Gasteiger partial charge in [0.2, 0.25) is 0 Å². The summed E-state index contributed by atoms with van der Waals surface area (Å²) >= 11 is 7.61. The molecular formula is C17H20ClFN2O2S. The molecular weight excluding hydrogens is 351 g/mol. The lowest BCUT2D eigenvalue weighted by Crippen LogP contribution is -2.39. The van der Waals surface area contributed by atoms with Crippen molar-refractivity contribution in [3.05, 3.63) is 56.5 Å². The zero-order valence-electron chi connectivity index (χ0n) is 13.4. The second kappa shape index (κ2) is 9.01. The number of aliphatic hydroxyl groups is 1. The SMILES string of the molecule is Cc1ccc(CN(CCCO)C(=O)NCc2ccc(F)cc2Cl)s1. The van der Waals surface area contributed by atoms with E-state index in [-0.39, 0.29) is 24.2 Å². The summed E-state index contributed by atoms with van der Waals surface area (Å²) in [6, 6.07) is 7.86. The molecule has 1 aromatic heterocycles. The van der Waals surface area contributed by atoms with Crippen molar-refractivity contribution in [1.82, 2.24) is 10.2 Å². The molecule has 1 aromatic carbocycles. The Hall–Kier alpha value is -1.63. The summed E-state index contributed by atoms with van der Waals surface area (Å²) < 4.78 is 13.1. The molecule has 0 atom stereocenters. The minimum atomic E-state index is -0.410. The highest BCUT2D eigenvalue weighted by atomic mass is 35.5. The topological polar surface area (TPSA) is 52.6 Å². The van der Waals surface area contributed by atoms with Gasteiger partial charge in [-0.1, -0.05) is 17.7 Å². The average molecular weight is 371 g/mol. The Morgan fingerprint density at radius 3 is 2.79 bits per heavy atom. The first-order valence-electron chi connectivity index (χ1n) is 7.62. The Morgan fingerprint density at radius 1 is 1.38 bits per heavy atom. The maximum absolute atomic E-state index is 13.1. The largest absolute Gasteiger partial charge is 0.396 e. The van der Waals surface area contributed by atoms with E-state index in [0.717, 1.165) is 4.88 Å². The first-order chi connectivity index (χ1) is 11.5. The van der Waals surface area contributed by atoms with E-state index in [2.05, 4.69) is 5.32 Å². The van der Waals surface area contributed by atoms with Crippen LogP contribution in [0.3, 0.4) is 0 Å². The second-order valence-electron chi connectivity index (χ2n) is 5.41. The Balaban J connectivity index is 1.98. The number of thiophene rings is 1. The standard InChI is InChI=1S/C17H20ClFN2O2S/c1-12-3-6-15(24-12)11-21(7-2-8-22)17(23)20-10-13-4-5-14(19)9-16(13)18/h3-6,9,22H,2,7-8,10-11H2,1H3,(H,20,23). The smallest absolute Gasteiger partial charge is 0.317 e. The van der Waals surface area contributed by atoms with E-state index in [4.69, 9.17) is 16.7 Å². The lowest BCUT2D eigenvalue weighted by Gasteiger charge is -2.22. The predicted molar refractivity (Wildman–Crippen MR) is 94.8 cm³/mol. The van der Waals surface area contributed by atoms with Crippen molar-refractivity contribution in [2.45, 2.75) is 26.4 Å². The number of benzene rings is 1. The summed E-state index contributed by atoms with van der Waals surface area (Å²) in [4.78, 5) is 16.4. The Labute approximate surface area is 149 Å². The molecule has 0 unspecified atom stereocenters. The molecule has 2 N–H and O–H groups in total. The van der Waals surface area contributed by atoms with E-state index in [1.165, 1.54) is 17.0 Å². The Morgan fingerprint density at radius 2 is 2.17 bits per heavy atom. The monoisotopic (exact) mass is 370 g/mol. The third kappa shape index (κ3) is 5.47. The fourth-order valence-electron chi connectivity index (χ4n) is 2.22. The highest BCUT2D eigenvalue weighted by Gasteiger charge is 2.15. The number of halogens is 2. The normalized spacial score (nSPS) is 10.7. The Kier molecular flexibility index (Phi) is 7.02. The van der Waals surface area contributed by atoms with Gasteiger partial charge >= 0.3 is 6.03 Å². The summed E-state index contributed by atoms with van der Waals surface area (Å²) in [5.74, 6) is -0.410. The van der Waals surface area contributed by atoms with E-state index in [0.29, 0.717) is 25.1 Å². The van der Waals surface area contributed by atoms with Gasteiger partial charge in [-0.25, -0.2) is 9.18 Å². The van der Waals surface area contributed by atoms with Crippen molar-refractivity contribution in [3.8, 4) is 0 Å². The van der Waals surface area contributed by atoms with E-state index in [1.807, 2.05) is 19.1 Å². The average Bonchev–Trinajstić information content (AvgIpc) is 2.95. The summed E-state index contributed by atoms with van der Waals surface area (Å²) in [7, 11) is 0. The van der Waals surface area contributed by atoms with Crippen LogP contribution in [-0.2, 0) is 13.1 Å². The van der Waals surface area contributed by atoms with Crippen LogP contribution < -0.4 is 5.32 Å². The van der Waals surface area contributed by atoms with Gasteiger partial charge in [0, 0.05) is 34.5 Å². The molecule has 0 bridgehead atoms. The van der Waals surface area contributed by atoms with Crippen LogP contribution in [0.25, 0.3) is 0 Å². The van der Waals surface area contributed by atoms with Gasteiger partial charge in [-0.05, 0) is 43.2 Å². The first kappa shape index (κ1) is 18.7. The Bertz CT molecular complexity index is 693. The van der Waals surface area contributed by atoms with E-state index >= 15 is 0 Å². The van der Waals surface area contributed by atoms with Crippen molar-refractivity contribution in [2.75, 3.05) is 13.2 Å². The molecule has 7 heteroatoms. The summed E-state index contributed by atoms with van der Waals surface area (Å²) in [6.45, 7) is 3.20. The van der Waals surface area contributed by atoms with Gasteiger partial charge in [-0.15, -0.1) is 11.3 Å². The molecule has 0 saturated carbocycles. The number of nitrogens with one attached hydrogen (secondary N) is 1. The molecule has 4 nitrogen and oxygen atoms in total. The van der Waals surface area contributed by atoms with Crippen LogP contribution in [-0.4, -0.2) is 29.2 Å². The van der Waals surface area contributed by atoms with Gasteiger partial charge in [0.15, 0.2) is 0 Å². The molecule has 1 heterocycles. The zero-order valence-corrected chi connectivity index (χ0v) is 15.0. The molecule has 0 aliphatic heterocycles. The zero-order chi connectivity index (χ0) is 17.5. The molecule has 0 saturated heterocycles. The van der Waals surface area contributed by atoms with Crippen LogP contribution >= 0.6 is 22.9 Å². The highest BCUT2D eigenvalue weighted by Crippen LogP contribution is 2.19. The maximum atomic E-state index is 13.1. The van der Waals surface area contributed by atoms with Crippen molar-refractivity contribution >= 4 is 29.0 Å². The number of hydrogen-bond donors (Lipinski definition) is 2. The fraction of sp³-hybridized carbons (Fsp3) is 0.353. The quantitative estimate of drug-likeness (QED) is 0.775. The van der Waals surface area contributed by atoms with Crippen molar-refractivity contribution in [3.63, 3.8) is 0 Å². The van der Waals surface area contributed by atoms with Gasteiger partial charge in [-0.3, -0.25) is 0 Å². The van der Waals surface area contributed by atoms with E-state index in [9.17, 15) is 9.18 Å². The molecule has 0 spiro atoms. The fourth-order valence-corrected chi connectivity index (χ4v) is 3.36. The summed E-state index contributed by atoms with van der Waals surface area (Å²) in [6.07, 6.45) is 0.509. The molecule has 2 amide bonds. The summed E-state index contributed by atoms with van der Waals surface area (Å²) in [5, 5.41) is 12.1. The van der Waals surface area contributed by atoms with Gasteiger partial charge < -0.3 is 15.3 Å². The number of hydrogen-bond acceptors (Lipinski definition) is 3. The minimum Gasteiger partial charge on any atom is -0.396 e. The van der Waals surface area contributed by atoms with Crippen LogP contribution in [0.1, 0.15) is 21.7 Å². The van der Waals surface area contributed by atoms with Crippen LogP contribution in [0.5, 0.6) is 0 Å². The molecule has 2 aromatic rings. The number of rotatable bonds is 7. The van der Waals surface area contributed by atoms with Crippen LogP contribution in [0.4, 0.5) is 9.18 Å². The van der Waals surface area contributed by atoms with E-state index < -0.39 is 5.82 Å². The second-order valence-corrected chi connectivity index (χ2v) is 7.19. The van der Waals surface area contributed by atoms with Gasteiger partial charge in [0.25, 0.3) is 0 Å². The third-order valence-electron chi connectivity index (χ3n) is 3.46. The highest BCUT2D eigenvalue weighted by molar-refractivity contribution is 7.11. The van der Waals surface area contributed by atoms with Crippen molar-refractivity contribution in [2.24, 2.45) is 0 Å². The lowest BCUT2D eigenvalue weighted by atomic mass is 10.2. The van der Waals surface area contributed by atoms with Crippen LogP contribution in [0.15, 0.2) is 30.3 Å². The number of nitrogens with zero attached hydrogens (tertiary/aromatic N) is 1. The third-order valence-corrected chi connectivity index (χ3v) is 4.80. The minimum absolute atomic E-state index is 0.0248. The van der Waals surface area contributed by atoms with Gasteiger partial charge in [0.05, 0.1) is 6.54 Å². The number of carbonyl (C=O) groups excluding carboxylic acids is 1. The molecule has 2 rings (SSSR count). The number of aryl methyl sites for hydroxylation is 1. The number of amides is 2. The summed E-state index contributed by atoms with van der Waals surface area (Å²) in [5.41, 5.74) is 0.653. The molecule has 0 fully saturated rings. The van der Waals surface area contributed by atoms with Crippen molar-refractivity contribution < 1.29 is 14.3 Å². The first-order valence-corrected chi connectivity index (χ1v) is 8.82. The maximum Gasteiger partial charge on any atom is 0.317 e. The van der Waals surface area contributed by atoms with E-state index in [1.54, 1.807) is 22.3 Å².